The van der Waals surface area contributed by atoms with E-state index in [2.05, 4.69) is 0 Å². The molecule has 1 aromatic rings. The van der Waals surface area contributed by atoms with E-state index in [9.17, 15) is 15.1 Å². The van der Waals surface area contributed by atoms with E-state index in [-0.39, 0.29) is 59.2 Å². The molecule has 1 aromatic carbocycles. The standard InChI is InChI=1S/C12H7NO4.Na.H/c14-7-1-3-9-11(5-7)17-12-6-8(15)2-4-10(12)13(9)16;;/h1-6,14H;;/q;+1;-1. The molecule has 0 atom stereocenters. The van der Waals surface area contributed by atoms with Crippen molar-refractivity contribution in [3.8, 4) is 17.2 Å². The molecule has 1 aliphatic carbocycles. The summed E-state index contributed by atoms with van der Waals surface area (Å²) in [6.07, 6.45) is 0. The Balaban J connectivity index is 0.000000902. The summed E-state index contributed by atoms with van der Waals surface area (Å²) in [5.41, 5.74) is 0.579. The normalized spacial score (nSPS) is 10.4. The summed E-state index contributed by atoms with van der Waals surface area (Å²) in [6.45, 7) is 0. The molecule has 0 fully saturated rings. The predicted octanol–water partition coefficient (Wildman–Crippen LogP) is -1.65. The maximum Gasteiger partial charge on any atom is 1.00 e. The van der Waals surface area contributed by atoms with E-state index in [1.54, 1.807) is 0 Å². The molecule has 3 rings (SSSR count). The molecule has 6 heteroatoms. The smallest absolute Gasteiger partial charge is 1.00 e. The number of benzene rings is 2. The Labute approximate surface area is 125 Å². The molecule has 0 aromatic heterocycles. The number of nitrogens with zero attached hydrogens (tertiary/aromatic N) is 1. The molecule has 0 amide bonds. The average molecular weight is 253 g/mol. The monoisotopic (exact) mass is 253 g/mol. The van der Waals surface area contributed by atoms with Crippen molar-refractivity contribution in [2.24, 2.45) is 0 Å². The molecular weight excluding hydrogens is 245 g/mol. The van der Waals surface area contributed by atoms with E-state index in [0.29, 0.717) is 10.2 Å². The number of aromatic nitrogens is 1. The van der Waals surface area contributed by atoms with Gasteiger partial charge in [0.05, 0.1) is 0 Å². The van der Waals surface area contributed by atoms with Crippen LogP contribution in [0.1, 0.15) is 1.43 Å². The average Bonchev–Trinajstić information content (AvgIpc) is 2.28. The third kappa shape index (κ3) is 1.96. The fourth-order valence-corrected chi connectivity index (χ4v) is 1.74. The minimum absolute atomic E-state index is 0. The Bertz CT molecular complexity index is 759. The predicted molar refractivity (Wildman–Crippen MR) is 60.8 cm³/mol. The molecule has 0 unspecified atom stereocenters. The molecule has 0 spiro atoms. The van der Waals surface area contributed by atoms with Crippen molar-refractivity contribution in [3.05, 3.63) is 51.8 Å². The van der Waals surface area contributed by atoms with Crippen LogP contribution in [-0.4, -0.2) is 5.11 Å². The van der Waals surface area contributed by atoms with Crippen molar-refractivity contribution in [3.63, 3.8) is 0 Å². The topological polar surface area (TPSA) is 77.4 Å². The summed E-state index contributed by atoms with van der Waals surface area (Å²) in [4.78, 5) is 11.2. The Morgan fingerprint density at radius 2 is 2.00 bits per heavy atom. The van der Waals surface area contributed by atoms with E-state index in [1.165, 1.54) is 36.4 Å². The third-order valence-corrected chi connectivity index (χ3v) is 2.53. The van der Waals surface area contributed by atoms with Crippen molar-refractivity contribution in [2.75, 3.05) is 0 Å². The van der Waals surface area contributed by atoms with Crippen molar-refractivity contribution < 1.29 is 45.2 Å². The second-order valence-corrected chi connectivity index (χ2v) is 3.68. The Morgan fingerprint density at radius 3 is 2.78 bits per heavy atom. The van der Waals surface area contributed by atoms with Crippen LogP contribution in [-0.2, 0) is 0 Å². The van der Waals surface area contributed by atoms with Gasteiger partial charge in [-0.3, -0.25) is 4.79 Å². The number of hydrogen-bond acceptors (Lipinski definition) is 4. The number of fused-ring (bicyclic) bond motifs is 2. The van der Waals surface area contributed by atoms with Crippen molar-refractivity contribution in [2.45, 2.75) is 0 Å². The largest absolute Gasteiger partial charge is 1.00 e. The van der Waals surface area contributed by atoms with E-state index in [1.807, 2.05) is 0 Å². The molecule has 2 aliphatic rings. The van der Waals surface area contributed by atoms with Crippen molar-refractivity contribution >= 4 is 11.1 Å². The summed E-state index contributed by atoms with van der Waals surface area (Å²) in [5, 5.41) is 21.3. The van der Waals surface area contributed by atoms with Gasteiger partial charge in [-0.25, -0.2) is 0 Å². The van der Waals surface area contributed by atoms with Crippen LogP contribution in [0.5, 0.6) is 5.75 Å². The number of rotatable bonds is 0. The molecule has 5 nitrogen and oxygen atoms in total. The fraction of sp³-hybridized carbons (Fsp3) is 0. The van der Waals surface area contributed by atoms with Gasteiger partial charge in [0.2, 0.25) is 11.3 Å². The van der Waals surface area contributed by atoms with E-state index in [0.717, 1.165) is 0 Å². The van der Waals surface area contributed by atoms with Crippen LogP contribution in [0.15, 0.2) is 45.6 Å². The molecule has 0 saturated carbocycles. The Hall–Kier alpha value is -1.56. The second kappa shape index (κ2) is 4.61. The molecular formula is C12H8NNaO4. The van der Waals surface area contributed by atoms with Gasteiger partial charge in [0.1, 0.15) is 5.75 Å². The van der Waals surface area contributed by atoms with Crippen LogP contribution in [0.3, 0.4) is 0 Å². The first-order valence-corrected chi connectivity index (χ1v) is 4.94. The second-order valence-electron chi connectivity index (χ2n) is 3.68. The van der Waals surface area contributed by atoms with Crippen LogP contribution < -0.4 is 39.7 Å². The van der Waals surface area contributed by atoms with Gasteiger partial charge in [-0.15, -0.1) is 0 Å². The Morgan fingerprint density at radius 1 is 1.22 bits per heavy atom. The van der Waals surface area contributed by atoms with Gasteiger partial charge in [0.25, 0.3) is 11.2 Å². The zero-order chi connectivity index (χ0) is 12.0. The first kappa shape index (κ1) is 12.9. The number of hydrogen-bond donors (Lipinski definition) is 1. The molecule has 1 N–H and O–H groups in total. The van der Waals surface area contributed by atoms with Gasteiger partial charge in [-0.2, -0.15) is 4.73 Å². The minimum atomic E-state index is -0.235. The molecule has 86 valence electrons. The quantitative estimate of drug-likeness (QED) is 0.225. The summed E-state index contributed by atoms with van der Waals surface area (Å²) in [5.74, 6) is 0.199. The van der Waals surface area contributed by atoms with Gasteiger partial charge in [0, 0.05) is 24.3 Å². The van der Waals surface area contributed by atoms with Gasteiger partial charge in [0.15, 0.2) is 5.43 Å². The van der Waals surface area contributed by atoms with Crippen LogP contribution in [0.25, 0.3) is 22.6 Å². The minimum Gasteiger partial charge on any atom is -1.00 e. The summed E-state index contributed by atoms with van der Waals surface area (Å²) in [7, 11) is 0. The first-order chi connectivity index (χ1) is 8.15. The number of phenolic OH excluding ortho intramolecular Hbond substituents is 1. The van der Waals surface area contributed by atoms with Gasteiger partial charge in [-0.05, 0) is 12.1 Å². The third-order valence-electron chi connectivity index (χ3n) is 2.53. The molecule has 1 aliphatic heterocycles. The number of aromatic hydroxyl groups is 1. The van der Waals surface area contributed by atoms with Gasteiger partial charge in [-0.1, -0.05) is 0 Å². The molecule has 0 bridgehead atoms. The number of phenols is 1. The zero-order valence-electron chi connectivity index (χ0n) is 10.6. The van der Waals surface area contributed by atoms with Gasteiger partial charge >= 0.3 is 29.6 Å². The first-order valence-electron chi connectivity index (χ1n) is 4.94. The maximum absolute atomic E-state index is 12.0. The summed E-state index contributed by atoms with van der Waals surface area (Å²) >= 11 is 0. The van der Waals surface area contributed by atoms with Crippen LogP contribution in [0.4, 0.5) is 0 Å². The van der Waals surface area contributed by atoms with Crippen LogP contribution >= 0.6 is 0 Å². The maximum atomic E-state index is 12.0. The van der Waals surface area contributed by atoms with Crippen molar-refractivity contribution in [1.82, 2.24) is 0 Å². The molecule has 0 radical (unpaired) electrons. The Kier molecular flexibility index (Phi) is 3.30. The fourth-order valence-electron chi connectivity index (χ4n) is 1.74. The van der Waals surface area contributed by atoms with Crippen molar-refractivity contribution in [1.29, 1.82) is 0 Å². The van der Waals surface area contributed by atoms with Crippen LogP contribution in [0, 0.1) is 5.21 Å². The van der Waals surface area contributed by atoms with E-state index >= 15 is 0 Å². The molecule has 0 saturated heterocycles. The zero-order valence-corrected chi connectivity index (χ0v) is 11.6. The summed E-state index contributed by atoms with van der Waals surface area (Å²) in [6, 6.07) is 8.17. The SMILES string of the molecule is O=c1ccc2[n+]([O-])c3ccc(O)cc3oc-2c1.[H-].[Na+]. The van der Waals surface area contributed by atoms with Crippen LogP contribution in [0.2, 0.25) is 0 Å². The molecule has 1 heterocycles. The summed E-state index contributed by atoms with van der Waals surface area (Å²) < 4.78 is 6.08. The van der Waals surface area contributed by atoms with Gasteiger partial charge < -0.3 is 16.2 Å². The van der Waals surface area contributed by atoms with E-state index < -0.39 is 0 Å². The van der Waals surface area contributed by atoms with E-state index in [4.69, 9.17) is 4.42 Å². The molecule has 18 heavy (non-hydrogen) atoms.